The first-order valence-electron chi connectivity index (χ1n) is 9.00. The number of ketones is 1. The van der Waals surface area contributed by atoms with E-state index in [9.17, 15) is 9.59 Å². The van der Waals surface area contributed by atoms with Gasteiger partial charge in [0.1, 0.15) is 0 Å². The van der Waals surface area contributed by atoms with Gasteiger partial charge in [0.05, 0.1) is 5.56 Å². The average molecular weight is 399 g/mol. The summed E-state index contributed by atoms with van der Waals surface area (Å²) in [6, 6.07) is 23.1. The molecule has 1 aromatic heterocycles. The van der Waals surface area contributed by atoms with E-state index in [1.807, 2.05) is 30.5 Å². The Balaban J connectivity index is 1.63. The SMILES string of the molecule is O=C(Nc1cccc(-n2cc[nH]c2=S)c1)c1ccccc1C(=O)c1ccccc1. The molecule has 0 atom stereocenters. The minimum Gasteiger partial charge on any atom is -0.337 e. The number of benzene rings is 3. The monoisotopic (exact) mass is 399 g/mol. The molecule has 0 saturated heterocycles. The minimum absolute atomic E-state index is 0.191. The number of rotatable bonds is 5. The van der Waals surface area contributed by atoms with Gasteiger partial charge in [-0.15, -0.1) is 0 Å². The summed E-state index contributed by atoms with van der Waals surface area (Å²) < 4.78 is 2.37. The maximum absolute atomic E-state index is 12.9. The van der Waals surface area contributed by atoms with Crippen LogP contribution in [0.2, 0.25) is 0 Å². The molecule has 142 valence electrons. The molecule has 0 spiro atoms. The van der Waals surface area contributed by atoms with Gasteiger partial charge in [0.2, 0.25) is 0 Å². The van der Waals surface area contributed by atoms with Gasteiger partial charge in [-0.1, -0.05) is 54.6 Å². The number of imidazole rings is 1. The van der Waals surface area contributed by atoms with Crippen molar-refractivity contribution in [1.29, 1.82) is 0 Å². The Kier molecular flexibility index (Phi) is 5.18. The smallest absolute Gasteiger partial charge is 0.256 e. The molecule has 4 rings (SSSR count). The molecule has 0 radical (unpaired) electrons. The predicted molar refractivity (Wildman–Crippen MR) is 115 cm³/mol. The van der Waals surface area contributed by atoms with Gasteiger partial charge in [-0.3, -0.25) is 14.2 Å². The standard InChI is InChI=1S/C23H17N3O2S/c27-21(16-7-2-1-3-8-16)19-11-4-5-12-20(19)22(28)25-17-9-6-10-18(15-17)26-14-13-24-23(26)29/h1-15H,(H,24,29)(H,25,28). The van der Waals surface area contributed by atoms with E-state index in [-0.39, 0.29) is 11.7 Å². The Morgan fingerprint density at radius 2 is 1.59 bits per heavy atom. The number of hydrogen-bond acceptors (Lipinski definition) is 3. The molecule has 0 saturated carbocycles. The molecule has 5 nitrogen and oxygen atoms in total. The molecular formula is C23H17N3O2S. The van der Waals surface area contributed by atoms with Gasteiger partial charge in [0, 0.05) is 34.9 Å². The van der Waals surface area contributed by atoms with Crippen molar-refractivity contribution < 1.29 is 9.59 Å². The van der Waals surface area contributed by atoms with Crippen LogP contribution in [0.4, 0.5) is 5.69 Å². The van der Waals surface area contributed by atoms with E-state index >= 15 is 0 Å². The van der Waals surface area contributed by atoms with Gasteiger partial charge in [-0.05, 0) is 36.5 Å². The fourth-order valence-corrected chi connectivity index (χ4v) is 3.31. The Morgan fingerprint density at radius 3 is 2.31 bits per heavy atom. The van der Waals surface area contributed by atoms with Crippen molar-refractivity contribution in [3.05, 3.63) is 113 Å². The number of carbonyl (C=O) groups is 2. The summed E-state index contributed by atoms with van der Waals surface area (Å²) in [6.07, 6.45) is 3.57. The quantitative estimate of drug-likeness (QED) is 0.366. The minimum atomic E-state index is -0.348. The summed E-state index contributed by atoms with van der Waals surface area (Å²) >= 11 is 5.25. The van der Waals surface area contributed by atoms with Crippen LogP contribution in [0.3, 0.4) is 0 Å². The first kappa shape index (κ1) is 18.6. The Labute approximate surface area is 172 Å². The largest absolute Gasteiger partial charge is 0.337 e. The number of H-pyrrole nitrogens is 1. The van der Waals surface area contributed by atoms with E-state index in [0.29, 0.717) is 27.1 Å². The topological polar surface area (TPSA) is 66.9 Å². The van der Waals surface area contributed by atoms with E-state index in [1.54, 1.807) is 65.4 Å². The summed E-state index contributed by atoms with van der Waals surface area (Å²) in [6.45, 7) is 0. The van der Waals surface area contributed by atoms with E-state index in [0.717, 1.165) is 5.69 Å². The molecule has 0 aliphatic heterocycles. The van der Waals surface area contributed by atoms with Gasteiger partial charge in [-0.25, -0.2) is 0 Å². The van der Waals surface area contributed by atoms with Crippen LogP contribution in [-0.2, 0) is 0 Å². The molecule has 0 unspecified atom stereocenters. The molecule has 6 heteroatoms. The van der Waals surface area contributed by atoms with Crippen molar-refractivity contribution in [2.24, 2.45) is 0 Å². The van der Waals surface area contributed by atoms with Gasteiger partial charge in [0.25, 0.3) is 5.91 Å². The molecule has 0 bridgehead atoms. The Hall–Kier alpha value is -3.77. The van der Waals surface area contributed by atoms with Gasteiger partial charge in [0.15, 0.2) is 10.6 Å². The molecule has 1 heterocycles. The zero-order valence-electron chi connectivity index (χ0n) is 15.3. The molecule has 4 aromatic rings. The van der Waals surface area contributed by atoms with Gasteiger partial charge >= 0.3 is 0 Å². The third kappa shape index (κ3) is 3.93. The first-order valence-corrected chi connectivity index (χ1v) is 9.41. The molecule has 0 fully saturated rings. The molecule has 3 aromatic carbocycles. The Morgan fingerprint density at radius 1 is 0.862 bits per heavy atom. The second-order valence-electron chi connectivity index (χ2n) is 6.38. The summed E-state index contributed by atoms with van der Waals surface area (Å²) in [5, 5.41) is 2.88. The zero-order chi connectivity index (χ0) is 20.2. The molecular weight excluding hydrogens is 382 g/mol. The third-order valence-corrected chi connectivity index (χ3v) is 4.80. The van der Waals surface area contributed by atoms with Crippen molar-refractivity contribution >= 4 is 29.6 Å². The number of carbonyl (C=O) groups excluding carboxylic acids is 2. The van der Waals surface area contributed by atoms with E-state index in [1.165, 1.54) is 0 Å². The number of amides is 1. The highest BCUT2D eigenvalue weighted by Crippen LogP contribution is 2.19. The lowest BCUT2D eigenvalue weighted by Gasteiger charge is -2.11. The van der Waals surface area contributed by atoms with Crippen LogP contribution in [0, 0.1) is 4.77 Å². The third-order valence-electron chi connectivity index (χ3n) is 4.48. The van der Waals surface area contributed by atoms with E-state index in [4.69, 9.17) is 12.2 Å². The van der Waals surface area contributed by atoms with Crippen LogP contribution in [0.15, 0.2) is 91.3 Å². The maximum Gasteiger partial charge on any atom is 0.256 e. The maximum atomic E-state index is 12.9. The fraction of sp³-hybridized carbons (Fsp3) is 0. The zero-order valence-corrected chi connectivity index (χ0v) is 16.1. The number of nitrogens with zero attached hydrogens (tertiary/aromatic N) is 1. The summed E-state index contributed by atoms with van der Waals surface area (Å²) in [4.78, 5) is 28.8. The second kappa shape index (κ2) is 8.08. The Bertz CT molecular complexity index is 1240. The summed E-state index contributed by atoms with van der Waals surface area (Å²) in [5.74, 6) is -0.538. The van der Waals surface area contributed by atoms with Crippen LogP contribution >= 0.6 is 12.2 Å². The average Bonchev–Trinajstić information content (AvgIpc) is 3.20. The number of nitrogens with one attached hydrogen (secondary N) is 2. The van der Waals surface area contributed by atoms with E-state index in [2.05, 4.69) is 10.3 Å². The summed E-state index contributed by atoms with van der Waals surface area (Å²) in [5.41, 5.74) is 2.65. The number of anilines is 1. The highest BCUT2D eigenvalue weighted by atomic mass is 32.1. The van der Waals surface area contributed by atoms with Crippen molar-refractivity contribution in [3.8, 4) is 5.69 Å². The summed E-state index contributed by atoms with van der Waals surface area (Å²) in [7, 11) is 0. The number of aromatic nitrogens is 2. The first-order chi connectivity index (χ1) is 14.1. The number of hydrogen-bond donors (Lipinski definition) is 2. The van der Waals surface area contributed by atoms with Crippen LogP contribution in [-0.4, -0.2) is 21.2 Å². The highest BCUT2D eigenvalue weighted by Gasteiger charge is 2.18. The molecule has 0 aliphatic carbocycles. The number of aromatic amines is 1. The lowest BCUT2D eigenvalue weighted by atomic mass is 9.98. The predicted octanol–water partition coefficient (Wildman–Crippen LogP) is 5.02. The second-order valence-corrected chi connectivity index (χ2v) is 6.77. The van der Waals surface area contributed by atoms with Crippen molar-refractivity contribution in [2.75, 3.05) is 5.32 Å². The van der Waals surface area contributed by atoms with Gasteiger partial charge in [-0.2, -0.15) is 0 Å². The van der Waals surface area contributed by atoms with Crippen LogP contribution < -0.4 is 5.32 Å². The fourth-order valence-electron chi connectivity index (χ4n) is 3.08. The van der Waals surface area contributed by atoms with Crippen molar-refractivity contribution in [2.45, 2.75) is 0 Å². The van der Waals surface area contributed by atoms with Crippen molar-refractivity contribution in [1.82, 2.24) is 9.55 Å². The molecule has 0 aliphatic rings. The molecule has 2 N–H and O–H groups in total. The van der Waals surface area contributed by atoms with Crippen LogP contribution in [0.25, 0.3) is 5.69 Å². The highest BCUT2D eigenvalue weighted by molar-refractivity contribution is 7.71. The van der Waals surface area contributed by atoms with Gasteiger partial charge < -0.3 is 10.3 Å². The van der Waals surface area contributed by atoms with Crippen LogP contribution in [0.5, 0.6) is 0 Å². The lowest BCUT2D eigenvalue weighted by Crippen LogP contribution is -2.17. The molecule has 29 heavy (non-hydrogen) atoms. The van der Waals surface area contributed by atoms with E-state index < -0.39 is 0 Å². The van der Waals surface area contributed by atoms with Crippen molar-refractivity contribution in [3.63, 3.8) is 0 Å². The van der Waals surface area contributed by atoms with Crippen LogP contribution in [0.1, 0.15) is 26.3 Å². The normalized spacial score (nSPS) is 10.5. The lowest BCUT2D eigenvalue weighted by molar-refractivity contribution is 0.0996. The molecule has 1 amide bonds.